The fraction of sp³-hybridized carbons (Fsp3) is 1.00. The molecule has 0 rings (SSSR count). The van der Waals surface area contributed by atoms with Gasteiger partial charge in [0, 0.05) is 0 Å². The molecule has 0 bridgehead atoms. The van der Waals surface area contributed by atoms with Gasteiger partial charge in [-0.25, -0.2) is 0 Å². The van der Waals surface area contributed by atoms with E-state index in [2.05, 4.69) is 20.8 Å². The van der Waals surface area contributed by atoms with Crippen LogP contribution in [0, 0.1) is 11.8 Å². The highest BCUT2D eigenvalue weighted by Crippen LogP contribution is 2.16. The lowest BCUT2D eigenvalue weighted by Crippen LogP contribution is -2.38. The smallest absolute Gasteiger partial charge is 0.0549 e. The first kappa shape index (κ1) is 23.1. The van der Waals surface area contributed by atoms with Crippen LogP contribution in [-0.2, 0) is 0 Å². The van der Waals surface area contributed by atoms with Crippen molar-refractivity contribution in [1.29, 1.82) is 0 Å². The normalized spacial score (nSPS) is 12.4. The van der Waals surface area contributed by atoms with E-state index in [0.29, 0.717) is 11.8 Å². The van der Waals surface area contributed by atoms with Crippen LogP contribution in [0.1, 0.15) is 78.6 Å². The predicted octanol–water partition coefficient (Wildman–Crippen LogP) is 2.94. The standard InChI is InChI=1S/C10H24N2.C7H18N2/c1-3-5-7-9(10(11)12)8-6-4-2;1-2-7(6-9)4-3-5-8/h9-10H,3-8,11-12H2,1-2H3;7H,2-6,8-9H2,1H3. The summed E-state index contributed by atoms with van der Waals surface area (Å²) in [6.07, 6.45) is 10.8. The van der Waals surface area contributed by atoms with Crippen molar-refractivity contribution in [3.05, 3.63) is 0 Å². The SMILES string of the molecule is CCC(CN)CCCN.CCCCC(CCCC)C(N)N. The molecular formula is C17H42N4. The van der Waals surface area contributed by atoms with E-state index in [-0.39, 0.29) is 6.17 Å². The third kappa shape index (κ3) is 16.0. The van der Waals surface area contributed by atoms with Crippen molar-refractivity contribution in [1.82, 2.24) is 0 Å². The number of hydrogen-bond donors (Lipinski definition) is 4. The van der Waals surface area contributed by atoms with Gasteiger partial charge in [-0.1, -0.05) is 52.9 Å². The second kappa shape index (κ2) is 17.9. The zero-order valence-electron chi connectivity index (χ0n) is 14.8. The van der Waals surface area contributed by atoms with Gasteiger partial charge in [0.25, 0.3) is 0 Å². The summed E-state index contributed by atoms with van der Waals surface area (Å²) in [5.74, 6) is 1.25. The summed E-state index contributed by atoms with van der Waals surface area (Å²) >= 11 is 0. The van der Waals surface area contributed by atoms with Gasteiger partial charge in [-0.05, 0) is 50.6 Å². The maximum absolute atomic E-state index is 5.70. The van der Waals surface area contributed by atoms with Crippen LogP contribution >= 0.6 is 0 Å². The first-order valence-corrected chi connectivity index (χ1v) is 8.98. The molecule has 0 saturated carbocycles. The lowest BCUT2D eigenvalue weighted by molar-refractivity contribution is 0.355. The van der Waals surface area contributed by atoms with Gasteiger partial charge in [0.2, 0.25) is 0 Å². The topological polar surface area (TPSA) is 104 Å². The molecule has 0 heterocycles. The Morgan fingerprint density at radius 3 is 1.57 bits per heavy atom. The van der Waals surface area contributed by atoms with E-state index in [4.69, 9.17) is 22.9 Å². The van der Waals surface area contributed by atoms with Gasteiger partial charge in [-0.15, -0.1) is 0 Å². The maximum atomic E-state index is 5.70. The van der Waals surface area contributed by atoms with Crippen molar-refractivity contribution in [3.63, 3.8) is 0 Å². The molecule has 0 amide bonds. The zero-order chi connectivity index (χ0) is 16.5. The summed E-state index contributed by atoms with van der Waals surface area (Å²) in [6.45, 7) is 8.21. The van der Waals surface area contributed by atoms with E-state index in [9.17, 15) is 0 Å². The fourth-order valence-corrected chi connectivity index (χ4v) is 2.36. The highest BCUT2D eigenvalue weighted by Gasteiger charge is 2.12. The zero-order valence-corrected chi connectivity index (χ0v) is 14.8. The highest BCUT2D eigenvalue weighted by atomic mass is 14.9. The van der Waals surface area contributed by atoms with Crippen molar-refractivity contribution in [2.75, 3.05) is 13.1 Å². The maximum Gasteiger partial charge on any atom is 0.0549 e. The molecule has 0 aromatic rings. The average molecular weight is 303 g/mol. The average Bonchev–Trinajstić information content (AvgIpc) is 2.49. The van der Waals surface area contributed by atoms with Crippen LogP contribution in [0.2, 0.25) is 0 Å². The first-order chi connectivity index (χ1) is 10.1. The van der Waals surface area contributed by atoms with Gasteiger partial charge in [-0.2, -0.15) is 0 Å². The molecule has 0 aromatic carbocycles. The molecule has 1 atom stereocenters. The minimum Gasteiger partial charge on any atom is -0.330 e. The summed E-state index contributed by atoms with van der Waals surface area (Å²) in [5.41, 5.74) is 22.2. The van der Waals surface area contributed by atoms with Crippen molar-refractivity contribution >= 4 is 0 Å². The van der Waals surface area contributed by atoms with Gasteiger partial charge in [0.15, 0.2) is 0 Å². The molecule has 0 aliphatic rings. The largest absolute Gasteiger partial charge is 0.330 e. The minimum atomic E-state index is -0.108. The molecule has 4 heteroatoms. The lowest BCUT2D eigenvalue weighted by Gasteiger charge is -2.19. The molecule has 130 valence electrons. The van der Waals surface area contributed by atoms with Crippen molar-refractivity contribution < 1.29 is 0 Å². The first-order valence-electron chi connectivity index (χ1n) is 8.98. The Hall–Kier alpha value is -0.160. The van der Waals surface area contributed by atoms with Gasteiger partial charge in [0.05, 0.1) is 6.17 Å². The number of rotatable bonds is 12. The van der Waals surface area contributed by atoms with E-state index < -0.39 is 0 Å². The second-order valence-corrected chi connectivity index (χ2v) is 6.06. The summed E-state index contributed by atoms with van der Waals surface area (Å²) in [5, 5.41) is 0. The summed E-state index contributed by atoms with van der Waals surface area (Å²) < 4.78 is 0. The van der Waals surface area contributed by atoms with Crippen molar-refractivity contribution in [3.8, 4) is 0 Å². The molecular weight excluding hydrogens is 260 g/mol. The number of hydrogen-bond acceptors (Lipinski definition) is 4. The lowest BCUT2D eigenvalue weighted by atomic mass is 9.94. The Bertz CT molecular complexity index is 174. The summed E-state index contributed by atoms with van der Waals surface area (Å²) in [7, 11) is 0. The van der Waals surface area contributed by atoms with E-state index in [0.717, 1.165) is 19.5 Å². The summed E-state index contributed by atoms with van der Waals surface area (Å²) in [4.78, 5) is 0. The Kier molecular flexibility index (Phi) is 19.7. The molecule has 0 aromatic heterocycles. The Morgan fingerprint density at radius 2 is 1.29 bits per heavy atom. The molecule has 0 spiro atoms. The van der Waals surface area contributed by atoms with E-state index in [1.54, 1.807) is 0 Å². The second-order valence-electron chi connectivity index (χ2n) is 6.06. The van der Waals surface area contributed by atoms with Crippen LogP contribution in [0.15, 0.2) is 0 Å². The Balaban J connectivity index is 0. The predicted molar refractivity (Wildman–Crippen MR) is 95.8 cm³/mol. The quantitative estimate of drug-likeness (QED) is 0.416. The molecule has 0 fully saturated rings. The van der Waals surface area contributed by atoms with Crippen molar-refractivity contribution in [2.24, 2.45) is 34.8 Å². The van der Waals surface area contributed by atoms with Crippen LogP contribution in [0.4, 0.5) is 0 Å². The van der Waals surface area contributed by atoms with Gasteiger partial charge < -0.3 is 22.9 Å². The molecule has 0 radical (unpaired) electrons. The van der Waals surface area contributed by atoms with E-state index in [1.807, 2.05) is 0 Å². The molecule has 8 N–H and O–H groups in total. The molecule has 0 aliphatic heterocycles. The van der Waals surface area contributed by atoms with Crippen LogP contribution in [0.25, 0.3) is 0 Å². The minimum absolute atomic E-state index is 0.108. The van der Waals surface area contributed by atoms with Gasteiger partial charge >= 0.3 is 0 Å². The van der Waals surface area contributed by atoms with Crippen LogP contribution in [0.5, 0.6) is 0 Å². The van der Waals surface area contributed by atoms with E-state index >= 15 is 0 Å². The molecule has 0 aliphatic carbocycles. The van der Waals surface area contributed by atoms with Crippen LogP contribution in [0.3, 0.4) is 0 Å². The molecule has 1 unspecified atom stereocenters. The van der Waals surface area contributed by atoms with Crippen molar-refractivity contribution in [2.45, 2.75) is 84.7 Å². The van der Waals surface area contributed by atoms with Crippen LogP contribution < -0.4 is 22.9 Å². The fourth-order valence-electron chi connectivity index (χ4n) is 2.36. The molecule has 4 nitrogen and oxygen atoms in total. The molecule has 21 heavy (non-hydrogen) atoms. The Labute approximate surface area is 133 Å². The monoisotopic (exact) mass is 302 g/mol. The Morgan fingerprint density at radius 1 is 0.762 bits per heavy atom. The van der Waals surface area contributed by atoms with Gasteiger partial charge in [-0.3, -0.25) is 0 Å². The third-order valence-electron chi connectivity index (χ3n) is 4.13. The van der Waals surface area contributed by atoms with E-state index in [1.165, 1.54) is 51.4 Å². The third-order valence-corrected chi connectivity index (χ3v) is 4.13. The number of unbranched alkanes of at least 4 members (excludes halogenated alkanes) is 2. The summed E-state index contributed by atoms with van der Waals surface area (Å²) in [6, 6.07) is 0. The van der Waals surface area contributed by atoms with Gasteiger partial charge in [0.1, 0.15) is 0 Å². The molecule has 0 saturated heterocycles. The van der Waals surface area contributed by atoms with Crippen LogP contribution in [-0.4, -0.2) is 19.3 Å². The highest BCUT2D eigenvalue weighted by molar-refractivity contribution is 4.67. The number of nitrogens with two attached hydrogens (primary N) is 4.